The van der Waals surface area contributed by atoms with Gasteiger partial charge in [-0.2, -0.15) is 0 Å². The standard InChI is InChI=1S/C21H22N2O3/c1-3-22(4-2)21(25)23-13-17(14-24)20-18(23)11-8-12-19(20)26-15-16-9-6-5-7-10-16/h5-14H,3-4,15H2,1-2H3. The molecule has 0 atom stereocenters. The number of ether oxygens (including phenoxy) is 1. The maximum Gasteiger partial charge on any atom is 0.328 e. The molecule has 1 heterocycles. The number of rotatable bonds is 6. The summed E-state index contributed by atoms with van der Waals surface area (Å²) in [7, 11) is 0. The summed E-state index contributed by atoms with van der Waals surface area (Å²) in [6.45, 7) is 5.48. The van der Waals surface area contributed by atoms with Gasteiger partial charge in [-0.25, -0.2) is 4.79 Å². The van der Waals surface area contributed by atoms with Crippen molar-refractivity contribution in [3.8, 4) is 5.75 Å². The predicted molar refractivity (Wildman–Crippen MR) is 102 cm³/mol. The van der Waals surface area contributed by atoms with Crippen molar-refractivity contribution in [1.82, 2.24) is 9.47 Å². The van der Waals surface area contributed by atoms with Gasteiger partial charge in [-0.1, -0.05) is 36.4 Å². The van der Waals surface area contributed by atoms with Crippen LogP contribution in [0.4, 0.5) is 4.79 Å². The van der Waals surface area contributed by atoms with Gasteiger partial charge in [0.05, 0.1) is 10.9 Å². The number of aromatic nitrogens is 1. The fraction of sp³-hybridized carbons (Fsp3) is 0.238. The van der Waals surface area contributed by atoms with E-state index in [0.29, 0.717) is 41.9 Å². The molecule has 0 bridgehead atoms. The third kappa shape index (κ3) is 3.33. The normalized spacial score (nSPS) is 10.7. The largest absolute Gasteiger partial charge is 0.488 e. The predicted octanol–water partition coefficient (Wildman–Crippen LogP) is 4.34. The minimum absolute atomic E-state index is 0.145. The SMILES string of the molecule is CCN(CC)C(=O)n1cc(C=O)c2c(OCc3ccccc3)cccc21. The van der Waals surface area contributed by atoms with Crippen molar-refractivity contribution in [3.63, 3.8) is 0 Å². The molecule has 2 aromatic carbocycles. The molecule has 0 saturated carbocycles. The van der Waals surface area contributed by atoms with E-state index in [0.717, 1.165) is 11.8 Å². The summed E-state index contributed by atoms with van der Waals surface area (Å²) in [5.74, 6) is 0.597. The number of aldehydes is 1. The quantitative estimate of drug-likeness (QED) is 0.621. The van der Waals surface area contributed by atoms with Crippen molar-refractivity contribution in [2.75, 3.05) is 13.1 Å². The maximum atomic E-state index is 12.8. The van der Waals surface area contributed by atoms with E-state index in [9.17, 15) is 9.59 Å². The van der Waals surface area contributed by atoms with Gasteiger partial charge < -0.3 is 9.64 Å². The van der Waals surface area contributed by atoms with Gasteiger partial charge in [0.2, 0.25) is 0 Å². The zero-order valence-corrected chi connectivity index (χ0v) is 15.0. The van der Waals surface area contributed by atoms with E-state index in [1.807, 2.05) is 62.4 Å². The van der Waals surface area contributed by atoms with Crippen molar-refractivity contribution >= 4 is 23.2 Å². The molecule has 1 aromatic heterocycles. The Bertz CT molecular complexity index is 912. The summed E-state index contributed by atoms with van der Waals surface area (Å²) in [5.41, 5.74) is 2.16. The minimum atomic E-state index is -0.145. The minimum Gasteiger partial charge on any atom is -0.488 e. The van der Waals surface area contributed by atoms with Gasteiger partial charge >= 0.3 is 6.03 Å². The van der Waals surface area contributed by atoms with E-state index in [-0.39, 0.29) is 6.03 Å². The molecule has 0 fully saturated rings. The smallest absolute Gasteiger partial charge is 0.328 e. The van der Waals surface area contributed by atoms with Gasteiger partial charge in [0.25, 0.3) is 0 Å². The summed E-state index contributed by atoms with van der Waals surface area (Å²) in [6.07, 6.45) is 2.36. The number of benzene rings is 2. The third-order valence-corrected chi connectivity index (χ3v) is 4.42. The number of carbonyl (C=O) groups is 2. The van der Waals surface area contributed by atoms with Crippen LogP contribution in [0.15, 0.2) is 54.7 Å². The number of amides is 1. The number of carbonyl (C=O) groups excluding carboxylic acids is 2. The van der Waals surface area contributed by atoms with Crippen LogP contribution in [0.5, 0.6) is 5.75 Å². The van der Waals surface area contributed by atoms with Gasteiger partial charge in [0.15, 0.2) is 6.29 Å². The molecule has 0 saturated heterocycles. The number of fused-ring (bicyclic) bond motifs is 1. The van der Waals surface area contributed by atoms with Crippen molar-refractivity contribution < 1.29 is 14.3 Å². The average molecular weight is 350 g/mol. The molecule has 0 aliphatic carbocycles. The Morgan fingerprint density at radius 2 is 1.81 bits per heavy atom. The highest BCUT2D eigenvalue weighted by molar-refractivity contribution is 6.05. The van der Waals surface area contributed by atoms with E-state index in [2.05, 4.69) is 0 Å². The van der Waals surface area contributed by atoms with E-state index in [4.69, 9.17) is 4.74 Å². The second-order valence-corrected chi connectivity index (χ2v) is 5.95. The van der Waals surface area contributed by atoms with Gasteiger partial charge in [-0.05, 0) is 31.5 Å². The van der Waals surface area contributed by atoms with Gasteiger partial charge in [-0.3, -0.25) is 9.36 Å². The molecule has 3 aromatic rings. The molecule has 0 spiro atoms. The Morgan fingerprint density at radius 3 is 2.46 bits per heavy atom. The lowest BCUT2D eigenvalue weighted by Crippen LogP contribution is -2.33. The summed E-state index contributed by atoms with van der Waals surface area (Å²) in [4.78, 5) is 26.1. The first kappa shape index (κ1) is 17.7. The van der Waals surface area contributed by atoms with Crippen LogP contribution >= 0.6 is 0 Å². The van der Waals surface area contributed by atoms with Crippen LogP contribution in [0.25, 0.3) is 10.9 Å². The first-order chi connectivity index (χ1) is 12.7. The van der Waals surface area contributed by atoms with Crippen LogP contribution in [0.2, 0.25) is 0 Å². The average Bonchev–Trinajstić information content (AvgIpc) is 3.07. The second-order valence-electron chi connectivity index (χ2n) is 5.95. The lowest BCUT2D eigenvalue weighted by atomic mass is 10.1. The van der Waals surface area contributed by atoms with Crippen molar-refractivity contribution in [2.24, 2.45) is 0 Å². The lowest BCUT2D eigenvalue weighted by molar-refractivity contribution is 0.112. The first-order valence-electron chi connectivity index (χ1n) is 8.74. The molecule has 1 amide bonds. The Morgan fingerprint density at radius 1 is 1.08 bits per heavy atom. The van der Waals surface area contributed by atoms with E-state index in [1.54, 1.807) is 11.1 Å². The summed E-state index contributed by atoms with van der Waals surface area (Å²) in [6, 6.07) is 15.2. The summed E-state index contributed by atoms with van der Waals surface area (Å²) in [5, 5.41) is 0.666. The van der Waals surface area contributed by atoms with Gasteiger partial charge in [-0.15, -0.1) is 0 Å². The molecule has 134 valence electrons. The topological polar surface area (TPSA) is 51.5 Å². The second kappa shape index (κ2) is 7.87. The highest BCUT2D eigenvalue weighted by atomic mass is 16.5. The van der Waals surface area contributed by atoms with Crippen LogP contribution in [0.3, 0.4) is 0 Å². The van der Waals surface area contributed by atoms with Gasteiger partial charge in [0.1, 0.15) is 12.4 Å². The Hall–Kier alpha value is -3.08. The maximum absolute atomic E-state index is 12.8. The monoisotopic (exact) mass is 350 g/mol. The molecule has 5 heteroatoms. The van der Waals surface area contributed by atoms with Crippen LogP contribution in [-0.4, -0.2) is 34.9 Å². The third-order valence-electron chi connectivity index (χ3n) is 4.42. The Balaban J connectivity index is 2.01. The first-order valence-corrected chi connectivity index (χ1v) is 8.74. The van der Waals surface area contributed by atoms with E-state index in [1.165, 1.54) is 4.57 Å². The summed E-state index contributed by atoms with van der Waals surface area (Å²) < 4.78 is 7.49. The highest BCUT2D eigenvalue weighted by Crippen LogP contribution is 2.31. The fourth-order valence-electron chi connectivity index (χ4n) is 3.03. The zero-order chi connectivity index (χ0) is 18.5. The summed E-state index contributed by atoms with van der Waals surface area (Å²) >= 11 is 0. The van der Waals surface area contributed by atoms with E-state index >= 15 is 0 Å². The van der Waals surface area contributed by atoms with Crippen molar-refractivity contribution in [3.05, 3.63) is 65.9 Å². The van der Waals surface area contributed by atoms with Crippen LogP contribution in [-0.2, 0) is 6.61 Å². The molecule has 0 radical (unpaired) electrons. The highest BCUT2D eigenvalue weighted by Gasteiger charge is 2.19. The molecule has 0 aliphatic heterocycles. The van der Waals surface area contributed by atoms with E-state index < -0.39 is 0 Å². The van der Waals surface area contributed by atoms with Crippen LogP contribution in [0.1, 0.15) is 29.8 Å². The fourth-order valence-corrected chi connectivity index (χ4v) is 3.03. The number of hydrogen-bond acceptors (Lipinski definition) is 3. The van der Waals surface area contributed by atoms with Gasteiger partial charge in [0, 0.05) is 24.8 Å². The van der Waals surface area contributed by atoms with Crippen molar-refractivity contribution in [1.29, 1.82) is 0 Å². The molecule has 0 unspecified atom stereocenters. The molecule has 0 N–H and O–H groups in total. The van der Waals surface area contributed by atoms with Crippen LogP contribution in [0, 0.1) is 0 Å². The zero-order valence-electron chi connectivity index (χ0n) is 15.0. The molecular formula is C21H22N2O3. The Kier molecular flexibility index (Phi) is 5.37. The molecular weight excluding hydrogens is 328 g/mol. The molecule has 5 nitrogen and oxygen atoms in total. The molecule has 3 rings (SSSR count). The number of nitrogens with zero attached hydrogens (tertiary/aromatic N) is 2. The number of hydrogen-bond donors (Lipinski definition) is 0. The lowest BCUT2D eigenvalue weighted by Gasteiger charge is -2.19. The van der Waals surface area contributed by atoms with Crippen LogP contribution < -0.4 is 4.74 Å². The molecule has 0 aliphatic rings. The van der Waals surface area contributed by atoms with Crippen molar-refractivity contribution in [2.45, 2.75) is 20.5 Å². The Labute approximate surface area is 152 Å². The molecule has 26 heavy (non-hydrogen) atoms.